The summed E-state index contributed by atoms with van der Waals surface area (Å²) in [4.78, 5) is 1.42. The SMILES string of the molecule is Cc1sc(-c2ccc(C#Cc3ccsc3)cc2)cc1C1=C(c2cc(-c3ccc(C#Cc4ccsc4)cc3)sc2C)C(F)(F)C(F)(F)C1(F)F. The number of thiophene rings is 4. The summed E-state index contributed by atoms with van der Waals surface area (Å²) in [5, 5.41) is 7.69. The quantitative estimate of drug-likeness (QED) is 0.125. The smallest absolute Gasteiger partial charge is 0.194 e. The third-order valence-corrected chi connectivity index (χ3v) is 11.7. The first-order valence-electron chi connectivity index (χ1n) is 14.8. The van der Waals surface area contributed by atoms with Gasteiger partial charge in [-0.1, -0.05) is 47.9 Å². The lowest BCUT2D eigenvalue weighted by atomic mass is 9.94. The van der Waals surface area contributed by atoms with Crippen molar-refractivity contribution in [1.82, 2.24) is 0 Å². The summed E-state index contributed by atoms with van der Waals surface area (Å²) in [7, 11) is 0. The number of hydrogen-bond donors (Lipinski definition) is 0. The molecular weight excluding hydrogens is 711 g/mol. The molecule has 2 aromatic carbocycles. The standard InChI is InChI=1S/C39H22F6S4/c1-23-31(19-33(48-23)29-11-7-25(8-12-29)3-5-27-15-17-46-21-27)35-36(38(42,43)39(44,45)37(35,40)41)32-20-34(49-24(32)2)30-13-9-26(10-14-30)4-6-28-16-18-47-22-28/h7-22H,1-2H3. The van der Waals surface area contributed by atoms with Gasteiger partial charge in [-0.15, -0.1) is 22.7 Å². The molecule has 0 radical (unpaired) electrons. The van der Waals surface area contributed by atoms with Gasteiger partial charge in [0.1, 0.15) is 0 Å². The molecule has 0 saturated carbocycles. The van der Waals surface area contributed by atoms with Crippen LogP contribution >= 0.6 is 45.3 Å². The maximum atomic E-state index is 15.7. The maximum Gasteiger partial charge on any atom is 0.380 e. The molecule has 49 heavy (non-hydrogen) atoms. The Kier molecular flexibility index (Phi) is 8.49. The number of halogens is 6. The average molecular weight is 733 g/mol. The van der Waals surface area contributed by atoms with Gasteiger partial charge in [0.2, 0.25) is 0 Å². The van der Waals surface area contributed by atoms with Gasteiger partial charge in [-0.05, 0) is 95.4 Å². The number of aryl methyl sites for hydroxylation is 2. The summed E-state index contributed by atoms with van der Waals surface area (Å²) in [5.74, 6) is -3.69. The third kappa shape index (κ3) is 5.87. The molecule has 0 bridgehead atoms. The van der Waals surface area contributed by atoms with Crippen LogP contribution in [0.4, 0.5) is 26.3 Å². The van der Waals surface area contributed by atoms with Gasteiger partial charge in [0.05, 0.1) is 0 Å². The normalized spacial score (nSPS) is 15.8. The van der Waals surface area contributed by atoms with Crippen molar-refractivity contribution >= 4 is 56.5 Å². The molecule has 0 amide bonds. The van der Waals surface area contributed by atoms with Crippen LogP contribution in [0.2, 0.25) is 0 Å². The zero-order valence-electron chi connectivity index (χ0n) is 25.6. The van der Waals surface area contributed by atoms with Crippen LogP contribution in [-0.2, 0) is 0 Å². The Hall–Kier alpha value is -4.32. The molecule has 4 aromatic heterocycles. The summed E-state index contributed by atoms with van der Waals surface area (Å²) in [6.07, 6.45) is 0. The van der Waals surface area contributed by atoms with Gasteiger partial charge in [0.25, 0.3) is 0 Å². The first-order valence-corrected chi connectivity index (χ1v) is 18.3. The van der Waals surface area contributed by atoms with E-state index in [2.05, 4.69) is 23.7 Å². The van der Waals surface area contributed by atoms with E-state index in [0.717, 1.165) is 44.9 Å². The van der Waals surface area contributed by atoms with Crippen molar-refractivity contribution in [3.8, 4) is 44.6 Å². The summed E-state index contributed by atoms with van der Waals surface area (Å²) < 4.78 is 93.2. The molecule has 1 aliphatic rings. The molecule has 0 nitrogen and oxygen atoms in total. The fourth-order valence-corrected chi connectivity index (χ4v) is 8.81. The second-order valence-electron chi connectivity index (χ2n) is 11.3. The predicted octanol–water partition coefficient (Wildman–Crippen LogP) is 12.5. The van der Waals surface area contributed by atoms with Crippen LogP contribution in [0, 0.1) is 37.5 Å². The maximum absolute atomic E-state index is 15.7. The zero-order valence-corrected chi connectivity index (χ0v) is 28.9. The Bertz CT molecular complexity index is 2150. The minimum Gasteiger partial charge on any atom is -0.194 e. The van der Waals surface area contributed by atoms with E-state index in [9.17, 15) is 0 Å². The Morgan fingerprint density at radius 3 is 1.20 bits per heavy atom. The number of alkyl halides is 6. The Morgan fingerprint density at radius 2 is 0.857 bits per heavy atom. The Labute approximate surface area is 295 Å². The van der Waals surface area contributed by atoms with Gasteiger partial charge in [-0.25, -0.2) is 0 Å². The van der Waals surface area contributed by atoms with E-state index in [1.807, 2.05) is 33.7 Å². The molecule has 244 valence electrons. The molecule has 4 heterocycles. The number of rotatable bonds is 4. The summed E-state index contributed by atoms with van der Waals surface area (Å²) in [6, 6.07) is 20.4. The first-order chi connectivity index (χ1) is 23.4. The highest BCUT2D eigenvalue weighted by molar-refractivity contribution is 7.16. The molecule has 0 spiro atoms. The molecule has 0 unspecified atom stereocenters. The van der Waals surface area contributed by atoms with E-state index in [4.69, 9.17) is 0 Å². The van der Waals surface area contributed by atoms with Gasteiger partial charge in [-0.2, -0.15) is 49.0 Å². The van der Waals surface area contributed by atoms with Crippen LogP contribution in [0.3, 0.4) is 0 Å². The van der Waals surface area contributed by atoms with Gasteiger partial charge in [0.15, 0.2) is 0 Å². The van der Waals surface area contributed by atoms with Gasteiger partial charge >= 0.3 is 17.8 Å². The lowest BCUT2D eigenvalue weighted by Gasteiger charge is -2.25. The van der Waals surface area contributed by atoms with Crippen molar-refractivity contribution in [3.05, 3.63) is 137 Å². The fourth-order valence-electron chi connectivity index (χ4n) is 5.57. The molecule has 7 rings (SSSR count). The van der Waals surface area contributed by atoms with Gasteiger partial charge in [-0.3, -0.25) is 0 Å². The van der Waals surface area contributed by atoms with E-state index in [0.29, 0.717) is 20.9 Å². The fraction of sp³-hybridized carbons (Fsp3) is 0.128. The minimum absolute atomic E-state index is 0.226. The third-order valence-electron chi connectivity index (χ3n) is 8.12. The van der Waals surface area contributed by atoms with Crippen molar-refractivity contribution < 1.29 is 26.3 Å². The van der Waals surface area contributed by atoms with E-state index >= 15 is 26.3 Å². The Balaban J connectivity index is 1.28. The number of benzene rings is 2. The number of hydrogen-bond acceptors (Lipinski definition) is 4. The topological polar surface area (TPSA) is 0 Å². The molecule has 0 atom stereocenters. The van der Waals surface area contributed by atoms with Crippen LogP contribution < -0.4 is 0 Å². The Morgan fingerprint density at radius 1 is 0.490 bits per heavy atom. The second-order valence-corrected chi connectivity index (χ2v) is 15.4. The van der Waals surface area contributed by atoms with E-state index in [1.54, 1.807) is 48.5 Å². The van der Waals surface area contributed by atoms with E-state index in [-0.39, 0.29) is 20.9 Å². The second kappa shape index (κ2) is 12.5. The predicted molar refractivity (Wildman–Crippen MR) is 191 cm³/mol. The molecule has 0 fully saturated rings. The largest absolute Gasteiger partial charge is 0.380 e. The molecule has 1 aliphatic carbocycles. The van der Waals surface area contributed by atoms with Gasteiger partial charge < -0.3 is 0 Å². The highest BCUT2D eigenvalue weighted by Crippen LogP contribution is 2.66. The van der Waals surface area contributed by atoms with Crippen molar-refractivity contribution in [2.45, 2.75) is 31.6 Å². The van der Waals surface area contributed by atoms with Crippen LogP contribution in [0.5, 0.6) is 0 Å². The van der Waals surface area contributed by atoms with Crippen LogP contribution in [0.1, 0.15) is 43.1 Å². The van der Waals surface area contributed by atoms with E-state index in [1.165, 1.54) is 48.7 Å². The highest BCUT2D eigenvalue weighted by Gasteiger charge is 2.80. The van der Waals surface area contributed by atoms with Crippen LogP contribution in [-0.4, -0.2) is 17.8 Å². The molecule has 0 aliphatic heterocycles. The molecular formula is C39H22F6S4. The molecule has 6 aromatic rings. The lowest BCUT2D eigenvalue weighted by Crippen LogP contribution is -2.48. The van der Waals surface area contributed by atoms with Crippen LogP contribution in [0.15, 0.2) is 94.3 Å². The molecule has 0 saturated heterocycles. The van der Waals surface area contributed by atoms with Crippen molar-refractivity contribution in [3.63, 3.8) is 0 Å². The summed E-state index contributed by atoms with van der Waals surface area (Å²) >= 11 is 5.23. The molecule has 0 N–H and O–H groups in total. The summed E-state index contributed by atoms with van der Waals surface area (Å²) in [6.45, 7) is 2.96. The minimum atomic E-state index is -5.64. The monoisotopic (exact) mass is 732 g/mol. The summed E-state index contributed by atoms with van der Waals surface area (Å²) in [5.41, 5.74) is 1.13. The highest BCUT2D eigenvalue weighted by atomic mass is 32.1. The van der Waals surface area contributed by atoms with E-state index < -0.39 is 28.9 Å². The van der Waals surface area contributed by atoms with Crippen molar-refractivity contribution in [2.75, 3.05) is 0 Å². The lowest BCUT2D eigenvalue weighted by molar-refractivity contribution is -0.254. The van der Waals surface area contributed by atoms with Crippen molar-refractivity contribution in [1.29, 1.82) is 0 Å². The number of allylic oxidation sites excluding steroid dienone is 2. The molecule has 10 heteroatoms. The van der Waals surface area contributed by atoms with Gasteiger partial charge in [0, 0.05) is 63.7 Å². The zero-order chi connectivity index (χ0) is 34.6. The average Bonchev–Trinajstić information content (AvgIpc) is 3.91. The van der Waals surface area contributed by atoms with Crippen molar-refractivity contribution in [2.24, 2.45) is 0 Å². The van der Waals surface area contributed by atoms with Crippen LogP contribution in [0.25, 0.3) is 32.0 Å². The first kappa shape index (κ1) is 33.2.